The van der Waals surface area contributed by atoms with E-state index in [9.17, 15) is 0 Å². The normalized spacial score (nSPS) is 11.4. The summed E-state index contributed by atoms with van der Waals surface area (Å²) < 4.78 is 5.11. The average Bonchev–Trinajstić information content (AvgIpc) is 2.41. The van der Waals surface area contributed by atoms with Gasteiger partial charge in [0.25, 0.3) is 0 Å². The Kier molecular flexibility index (Phi) is 3.87. The van der Waals surface area contributed by atoms with Crippen LogP contribution in [0.3, 0.4) is 0 Å². The summed E-state index contributed by atoms with van der Waals surface area (Å²) in [5, 5.41) is 0.511. The van der Waals surface area contributed by atoms with Crippen molar-refractivity contribution in [1.82, 2.24) is 4.98 Å². The number of hydrogen-bond donors (Lipinski definition) is 2. The summed E-state index contributed by atoms with van der Waals surface area (Å²) in [5.41, 5.74) is 13.2. The van der Waals surface area contributed by atoms with E-state index in [0.29, 0.717) is 27.8 Å². The number of nitrogens with zero attached hydrogens (tertiary/aromatic N) is 2. The van der Waals surface area contributed by atoms with Gasteiger partial charge in [0, 0.05) is 12.3 Å². The first-order chi connectivity index (χ1) is 9.11. The number of nitrogen functional groups attached to an aromatic ring is 1. The standard InChI is InChI=1S/C13H13ClN4O/c1-19-11-7-8(4-5-9(11)14)18-13(16)12-10(15)3-2-6-17-12/h2-7H,15H2,1H3,(H2,16,18). The van der Waals surface area contributed by atoms with Crippen molar-refractivity contribution in [2.45, 2.75) is 0 Å². The fourth-order valence-electron chi connectivity index (χ4n) is 1.54. The van der Waals surface area contributed by atoms with Crippen molar-refractivity contribution in [3.8, 4) is 5.75 Å². The van der Waals surface area contributed by atoms with Crippen molar-refractivity contribution < 1.29 is 4.74 Å². The molecule has 6 heteroatoms. The van der Waals surface area contributed by atoms with Crippen molar-refractivity contribution in [2.75, 3.05) is 12.8 Å². The Labute approximate surface area is 115 Å². The Morgan fingerprint density at radius 1 is 1.37 bits per heavy atom. The Bertz CT molecular complexity index is 628. The molecular formula is C13H13ClN4O. The molecule has 4 N–H and O–H groups in total. The van der Waals surface area contributed by atoms with E-state index in [-0.39, 0.29) is 5.84 Å². The largest absolute Gasteiger partial charge is 0.495 e. The van der Waals surface area contributed by atoms with Crippen LogP contribution < -0.4 is 16.2 Å². The lowest BCUT2D eigenvalue weighted by Gasteiger charge is -2.05. The lowest BCUT2D eigenvalue weighted by atomic mass is 10.2. The molecule has 19 heavy (non-hydrogen) atoms. The Morgan fingerprint density at radius 3 is 2.84 bits per heavy atom. The van der Waals surface area contributed by atoms with Gasteiger partial charge in [-0.15, -0.1) is 0 Å². The predicted molar refractivity (Wildman–Crippen MR) is 77.0 cm³/mol. The molecule has 0 fully saturated rings. The molecule has 1 heterocycles. The second-order valence-corrected chi connectivity index (χ2v) is 4.16. The topological polar surface area (TPSA) is 86.5 Å². The first-order valence-corrected chi connectivity index (χ1v) is 5.88. The lowest BCUT2D eigenvalue weighted by Crippen LogP contribution is -2.16. The number of aliphatic imine (C=N–C) groups is 1. The number of pyridine rings is 1. The molecule has 0 atom stereocenters. The number of methoxy groups -OCH3 is 1. The van der Waals surface area contributed by atoms with Crippen LogP contribution in [0.4, 0.5) is 11.4 Å². The van der Waals surface area contributed by atoms with E-state index in [0.717, 1.165) is 0 Å². The molecule has 0 spiro atoms. The highest BCUT2D eigenvalue weighted by Gasteiger charge is 2.06. The van der Waals surface area contributed by atoms with Crippen LogP contribution in [0.1, 0.15) is 5.69 Å². The van der Waals surface area contributed by atoms with E-state index >= 15 is 0 Å². The number of nitrogens with two attached hydrogens (primary N) is 2. The van der Waals surface area contributed by atoms with Crippen LogP contribution in [-0.2, 0) is 0 Å². The van der Waals surface area contributed by atoms with Crippen LogP contribution in [0, 0.1) is 0 Å². The van der Waals surface area contributed by atoms with Crippen molar-refractivity contribution in [3.05, 3.63) is 47.2 Å². The summed E-state index contributed by atoms with van der Waals surface area (Å²) in [4.78, 5) is 8.35. The van der Waals surface area contributed by atoms with Gasteiger partial charge in [0.2, 0.25) is 0 Å². The van der Waals surface area contributed by atoms with E-state index in [2.05, 4.69) is 9.98 Å². The second kappa shape index (κ2) is 5.58. The number of amidine groups is 1. The first-order valence-electron chi connectivity index (χ1n) is 5.50. The van der Waals surface area contributed by atoms with Crippen LogP contribution in [0.5, 0.6) is 5.75 Å². The second-order valence-electron chi connectivity index (χ2n) is 3.76. The summed E-state index contributed by atoms with van der Waals surface area (Å²) >= 11 is 5.94. The molecule has 0 saturated carbocycles. The third-order valence-corrected chi connectivity index (χ3v) is 2.78. The van der Waals surface area contributed by atoms with Gasteiger partial charge in [-0.05, 0) is 24.3 Å². The van der Waals surface area contributed by atoms with Gasteiger partial charge in [-0.3, -0.25) is 4.98 Å². The van der Waals surface area contributed by atoms with Gasteiger partial charge in [-0.25, -0.2) is 4.99 Å². The number of halogens is 1. The van der Waals surface area contributed by atoms with Crippen LogP contribution in [0.2, 0.25) is 5.02 Å². The summed E-state index contributed by atoms with van der Waals surface area (Å²) in [5.74, 6) is 0.771. The molecule has 2 aromatic rings. The third kappa shape index (κ3) is 2.95. The monoisotopic (exact) mass is 276 g/mol. The number of hydrogen-bond acceptors (Lipinski definition) is 4. The van der Waals surface area contributed by atoms with Crippen LogP contribution in [0.25, 0.3) is 0 Å². The first kappa shape index (κ1) is 13.2. The van der Waals surface area contributed by atoms with Gasteiger partial charge in [0.1, 0.15) is 11.4 Å². The van der Waals surface area contributed by atoms with Gasteiger partial charge in [0.05, 0.1) is 23.5 Å². The highest BCUT2D eigenvalue weighted by Crippen LogP contribution is 2.29. The molecule has 98 valence electrons. The van der Waals surface area contributed by atoms with E-state index in [1.807, 2.05) is 0 Å². The summed E-state index contributed by atoms with van der Waals surface area (Å²) in [6.07, 6.45) is 1.61. The summed E-state index contributed by atoms with van der Waals surface area (Å²) in [7, 11) is 1.54. The van der Waals surface area contributed by atoms with Crippen molar-refractivity contribution in [3.63, 3.8) is 0 Å². The Morgan fingerprint density at radius 2 is 2.16 bits per heavy atom. The highest BCUT2D eigenvalue weighted by molar-refractivity contribution is 6.32. The zero-order chi connectivity index (χ0) is 13.8. The lowest BCUT2D eigenvalue weighted by molar-refractivity contribution is 0.415. The Balaban J connectivity index is 2.38. The zero-order valence-corrected chi connectivity index (χ0v) is 11.1. The van der Waals surface area contributed by atoms with Crippen LogP contribution in [0.15, 0.2) is 41.5 Å². The molecular weight excluding hydrogens is 264 g/mol. The van der Waals surface area contributed by atoms with Crippen LogP contribution in [-0.4, -0.2) is 17.9 Å². The molecule has 0 aliphatic carbocycles. The molecule has 1 aromatic carbocycles. The van der Waals surface area contributed by atoms with E-state index in [1.165, 1.54) is 7.11 Å². The molecule has 0 radical (unpaired) electrons. The minimum Gasteiger partial charge on any atom is -0.495 e. The maximum atomic E-state index is 5.94. The quantitative estimate of drug-likeness (QED) is 0.665. The molecule has 0 aliphatic heterocycles. The van der Waals surface area contributed by atoms with Gasteiger partial charge in [-0.1, -0.05) is 11.6 Å². The molecule has 0 saturated heterocycles. The zero-order valence-electron chi connectivity index (χ0n) is 10.3. The van der Waals surface area contributed by atoms with E-state index in [4.69, 9.17) is 27.8 Å². The number of rotatable bonds is 3. The molecule has 0 bridgehead atoms. The molecule has 0 unspecified atom stereocenters. The van der Waals surface area contributed by atoms with Crippen molar-refractivity contribution in [1.29, 1.82) is 0 Å². The fraction of sp³-hybridized carbons (Fsp3) is 0.0769. The van der Waals surface area contributed by atoms with Crippen molar-refractivity contribution >= 4 is 28.8 Å². The van der Waals surface area contributed by atoms with Gasteiger partial charge in [-0.2, -0.15) is 0 Å². The molecule has 1 aromatic heterocycles. The number of ether oxygens (including phenoxy) is 1. The number of anilines is 1. The van der Waals surface area contributed by atoms with Crippen LogP contribution >= 0.6 is 11.6 Å². The minimum atomic E-state index is 0.238. The Hall–Kier alpha value is -2.27. The highest BCUT2D eigenvalue weighted by atomic mass is 35.5. The smallest absolute Gasteiger partial charge is 0.152 e. The SMILES string of the molecule is COc1cc(N=C(N)c2ncccc2N)ccc1Cl. The van der Waals surface area contributed by atoms with Gasteiger partial charge < -0.3 is 16.2 Å². The van der Waals surface area contributed by atoms with E-state index < -0.39 is 0 Å². The summed E-state index contributed by atoms with van der Waals surface area (Å²) in [6, 6.07) is 8.56. The third-order valence-electron chi connectivity index (χ3n) is 2.47. The number of benzene rings is 1. The maximum absolute atomic E-state index is 5.94. The predicted octanol–water partition coefficient (Wildman–Crippen LogP) is 2.36. The van der Waals surface area contributed by atoms with Gasteiger partial charge >= 0.3 is 0 Å². The average molecular weight is 277 g/mol. The van der Waals surface area contributed by atoms with Crippen molar-refractivity contribution in [2.24, 2.45) is 10.7 Å². The minimum absolute atomic E-state index is 0.238. The molecule has 5 nitrogen and oxygen atoms in total. The maximum Gasteiger partial charge on any atom is 0.152 e. The molecule has 0 aliphatic rings. The molecule has 2 rings (SSSR count). The fourth-order valence-corrected chi connectivity index (χ4v) is 1.74. The van der Waals surface area contributed by atoms with E-state index in [1.54, 1.807) is 36.5 Å². The molecule has 0 amide bonds. The number of aromatic nitrogens is 1. The van der Waals surface area contributed by atoms with Gasteiger partial charge in [0.15, 0.2) is 5.84 Å². The summed E-state index contributed by atoms with van der Waals surface area (Å²) in [6.45, 7) is 0.